The molecule has 0 bridgehead atoms. The van der Waals surface area contributed by atoms with E-state index in [-0.39, 0.29) is 24.5 Å². The van der Waals surface area contributed by atoms with Crippen LogP contribution in [0.2, 0.25) is 0 Å². The summed E-state index contributed by atoms with van der Waals surface area (Å²) in [4.78, 5) is 37.6. The first-order valence-electron chi connectivity index (χ1n) is 10.5. The fourth-order valence-corrected chi connectivity index (χ4v) is 3.36. The molecule has 1 atom stereocenters. The van der Waals surface area contributed by atoms with E-state index in [4.69, 9.17) is 5.11 Å². The van der Waals surface area contributed by atoms with E-state index in [1.807, 2.05) is 12.1 Å². The molecule has 0 saturated carbocycles. The summed E-state index contributed by atoms with van der Waals surface area (Å²) >= 11 is 0. The maximum Gasteiger partial charge on any atom is 0.272 e. The van der Waals surface area contributed by atoms with Gasteiger partial charge in [-0.3, -0.25) is 14.6 Å². The average molecular weight is 427 g/mol. The van der Waals surface area contributed by atoms with E-state index in [9.17, 15) is 9.59 Å². The van der Waals surface area contributed by atoms with Crippen LogP contribution in [0.3, 0.4) is 0 Å². The summed E-state index contributed by atoms with van der Waals surface area (Å²) < 4.78 is 0. The summed E-state index contributed by atoms with van der Waals surface area (Å²) in [6.45, 7) is 8.21. The van der Waals surface area contributed by atoms with Crippen LogP contribution in [0, 0.1) is 0 Å². The molecular formula is C22H30N6O3. The number of rotatable bonds is 7. The molecule has 0 aliphatic carbocycles. The normalized spacial score (nSPS) is 15.0. The van der Waals surface area contributed by atoms with Crippen LogP contribution >= 0.6 is 0 Å². The topological polar surface area (TPSA) is 111 Å². The van der Waals surface area contributed by atoms with Crippen molar-refractivity contribution in [3.63, 3.8) is 0 Å². The van der Waals surface area contributed by atoms with Crippen molar-refractivity contribution in [2.24, 2.45) is 0 Å². The van der Waals surface area contributed by atoms with Gasteiger partial charge >= 0.3 is 0 Å². The second kappa shape index (κ2) is 10.2. The first-order chi connectivity index (χ1) is 14.9. The van der Waals surface area contributed by atoms with Crippen LogP contribution in [0.25, 0.3) is 0 Å². The van der Waals surface area contributed by atoms with Crippen molar-refractivity contribution in [1.29, 1.82) is 0 Å². The molecule has 2 aromatic heterocycles. The van der Waals surface area contributed by atoms with Gasteiger partial charge in [0.1, 0.15) is 5.69 Å². The van der Waals surface area contributed by atoms with Crippen molar-refractivity contribution in [2.45, 2.75) is 32.9 Å². The second-order valence-corrected chi connectivity index (χ2v) is 7.94. The van der Waals surface area contributed by atoms with E-state index in [1.54, 1.807) is 30.2 Å². The highest BCUT2D eigenvalue weighted by molar-refractivity contribution is 5.96. The zero-order valence-corrected chi connectivity index (χ0v) is 18.2. The Bertz CT molecular complexity index is 894. The van der Waals surface area contributed by atoms with E-state index in [1.165, 1.54) is 6.20 Å². The van der Waals surface area contributed by atoms with Crippen molar-refractivity contribution in [2.75, 3.05) is 43.0 Å². The summed E-state index contributed by atoms with van der Waals surface area (Å²) in [6.07, 6.45) is 3.17. The molecular weight excluding hydrogens is 396 g/mol. The number of hydrogen-bond acceptors (Lipinski definition) is 7. The summed E-state index contributed by atoms with van der Waals surface area (Å²) in [5.74, 6) is 0.411. The molecule has 166 valence electrons. The molecule has 2 amide bonds. The van der Waals surface area contributed by atoms with Crippen LogP contribution in [-0.4, -0.2) is 76.7 Å². The van der Waals surface area contributed by atoms with Crippen LogP contribution < -0.4 is 15.5 Å². The minimum absolute atomic E-state index is 0.144. The molecule has 3 N–H and O–H groups in total. The Hall–Kier alpha value is -3.20. The standard InChI is InChI=1S/C22H30N6O3/c1-15(2)25-18-5-4-8-23-20(18)27-9-11-28(12-10-27)22(31)19-7-6-17(13-24-19)21(30)26-16(3)14-29/h4-8,13,15-16,25,29H,9-12,14H2,1-3H3,(H,26,30)/t16-/m0/s1. The number of amides is 2. The fraction of sp³-hybridized carbons (Fsp3) is 0.455. The van der Waals surface area contributed by atoms with Gasteiger partial charge in [-0.25, -0.2) is 4.98 Å². The highest BCUT2D eigenvalue weighted by Crippen LogP contribution is 2.24. The van der Waals surface area contributed by atoms with Gasteiger partial charge in [0.15, 0.2) is 5.82 Å². The summed E-state index contributed by atoms with van der Waals surface area (Å²) in [5, 5.41) is 15.1. The minimum atomic E-state index is -0.347. The Labute approximate surface area is 182 Å². The van der Waals surface area contributed by atoms with E-state index >= 15 is 0 Å². The molecule has 3 heterocycles. The lowest BCUT2D eigenvalue weighted by molar-refractivity contribution is 0.0739. The molecule has 31 heavy (non-hydrogen) atoms. The molecule has 2 aromatic rings. The van der Waals surface area contributed by atoms with E-state index in [0.717, 1.165) is 11.5 Å². The number of nitrogens with one attached hydrogen (secondary N) is 2. The average Bonchev–Trinajstić information content (AvgIpc) is 2.78. The van der Waals surface area contributed by atoms with Gasteiger partial charge in [0.2, 0.25) is 0 Å². The molecule has 1 aliphatic heterocycles. The van der Waals surface area contributed by atoms with Gasteiger partial charge in [0.05, 0.1) is 17.9 Å². The lowest BCUT2D eigenvalue weighted by Gasteiger charge is -2.36. The lowest BCUT2D eigenvalue weighted by Crippen LogP contribution is -2.49. The summed E-state index contributed by atoms with van der Waals surface area (Å²) in [6, 6.07) is 7.02. The van der Waals surface area contributed by atoms with Crippen LogP contribution in [0.15, 0.2) is 36.7 Å². The van der Waals surface area contributed by atoms with Crippen molar-refractivity contribution >= 4 is 23.3 Å². The number of piperazine rings is 1. The van der Waals surface area contributed by atoms with Gasteiger partial charge in [-0.2, -0.15) is 0 Å². The van der Waals surface area contributed by atoms with Crippen LogP contribution in [-0.2, 0) is 0 Å². The number of carbonyl (C=O) groups excluding carboxylic acids is 2. The number of carbonyl (C=O) groups is 2. The molecule has 1 aliphatic rings. The molecule has 0 spiro atoms. The Kier molecular flexibility index (Phi) is 7.41. The largest absolute Gasteiger partial charge is 0.394 e. The number of aliphatic hydroxyl groups excluding tert-OH is 1. The maximum atomic E-state index is 12.8. The van der Waals surface area contributed by atoms with Crippen molar-refractivity contribution < 1.29 is 14.7 Å². The smallest absolute Gasteiger partial charge is 0.272 e. The van der Waals surface area contributed by atoms with Gasteiger partial charge in [0.25, 0.3) is 11.8 Å². The van der Waals surface area contributed by atoms with Crippen molar-refractivity contribution in [3.05, 3.63) is 47.9 Å². The number of nitrogens with zero attached hydrogens (tertiary/aromatic N) is 4. The van der Waals surface area contributed by atoms with Gasteiger partial charge in [-0.15, -0.1) is 0 Å². The third-order valence-electron chi connectivity index (χ3n) is 4.99. The minimum Gasteiger partial charge on any atom is -0.394 e. The highest BCUT2D eigenvalue weighted by Gasteiger charge is 2.25. The Morgan fingerprint density at radius 3 is 2.45 bits per heavy atom. The van der Waals surface area contributed by atoms with Gasteiger partial charge in [-0.1, -0.05) is 0 Å². The molecule has 1 saturated heterocycles. The number of pyridine rings is 2. The maximum absolute atomic E-state index is 12.8. The van der Waals surface area contributed by atoms with E-state index < -0.39 is 0 Å². The van der Waals surface area contributed by atoms with Crippen LogP contribution in [0.1, 0.15) is 41.6 Å². The SMILES string of the molecule is CC(C)Nc1cccnc1N1CCN(C(=O)c2ccc(C(=O)N[C@@H](C)CO)cn2)CC1. The monoisotopic (exact) mass is 426 g/mol. The third-order valence-corrected chi connectivity index (χ3v) is 4.99. The molecule has 3 rings (SSSR count). The zero-order chi connectivity index (χ0) is 22.4. The molecule has 0 radical (unpaired) electrons. The van der Waals surface area contributed by atoms with Gasteiger partial charge in [0, 0.05) is 50.7 Å². The molecule has 9 heteroatoms. The Morgan fingerprint density at radius 1 is 1.10 bits per heavy atom. The Balaban J connectivity index is 1.60. The first kappa shape index (κ1) is 22.5. The summed E-state index contributed by atoms with van der Waals surface area (Å²) in [7, 11) is 0. The molecule has 9 nitrogen and oxygen atoms in total. The van der Waals surface area contributed by atoms with Crippen LogP contribution in [0.4, 0.5) is 11.5 Å². The number of aliphatic hydroxyl groups is 1. The fourth-order valence-electron chi connectivity index (χ4n) is 3.36. The number of hydrogen-bond donors (Lipinski definition) is 3. The predicted octanol–water partition coefficient (Wildman–Crippen LogP) is 1.37. The number of aromatic nitrogens is 2. The molecule has 1 fully saturated rings. The third kappa shape index (κ3) is 5.69. The predicted molar refractivity (Wildman–Crippen MR) is 119 cm³/mol. The zero-order valence-electron chi connectivity index (χ0n) is 18.2. The first-order valence-corrected chi connectivity index (χ1v) is 10.5. The highest BCUT2D eigenvalue weighted by atomic mass is 16.3. The quantitative estimate of drug-likeness (QED) is 0.613. The number of anilines is 2. The van der Waals surface area contributed by atoms with E-state index in [2.05, 4.69) is 39.3 Å². The summed E-state index contributed by atoms with van der Waals surface area (Å²) in [5.41, 5.74) is 1.64. The molecule has 0 unspecified atom stereocenters. The Morgan fingerprint density at radius 2 is 1.84 bits per heavy atom. The van der Waals surface area contributed by atoms with Crippen molar-refractivity contribution in [3.8, 4) is 0 Å². The lowest BCUT2D eigenvalue weighted by atomic mass is 10.2. The van der Waals surface area contributed by atoms with Crippen LogP contribution in [0.5, 0.6) is 0 Å². The second-order valence-electron chi connectivity index (χ2n) is 7.94. The van der Waals surface area contributed by atoms with E-state index in [0.29, 0.717) is 43.5 Å². The van der Waals surface area contributed by atoms with Gasteiger partial charge in [-0.05, 0) is 45.0 Å². The van der Waals surface area contributed by atoms with Crippen molar-refractivity contribution in [1.82, 2.24) is 20.2 Å². The molecule has 0 aromatic carbocycles. The van der Waals surface area contributed by atoms with Gasteiger partial charge < -0.3 is 25.5 Å².